The molecule has 0 aliphatic heterocycles. The minimum atomic E-state index is -0.462. The first kappa shape index (κ1) is 15.1. The Kier molecular flexibility index (Phi) is 4.51. The van der Waals surface area contributed by atoms with Gasteiger partial charge in [-0.3, -0.25) is 0 Å². The summed E-state index contributed by atoms with van der Waals surface area (Å²) in [4.78, 5) is 0. The summed E-state index contributed by atoms with van der Waals surface area (Å²) < 4.78 is 19.6. The lowest BCUT2D eigenvalue weighted by molar-refractivity contribution is -0.00329. The smallest absolute Gasteiger partial charge is 0.128 e. The van der Waals surface area contributed by atoms with Gasteiger partial charge in [0, 0.05) is 12.7 Å². The fourth-order valence-electron chi connectivity index (χ4n) is 2.54. The van der Waals surface area contributed by atoms with Crippen molar-refractivity contribution in [1.82, 2.24) is 0 Å². The van der Waals surface area contributed by atoms with Crippen molar-refractivity contribution in [3.05, 3.63) is 34.6 Å². The highest BCUT2D eigenvalue weighted by molar-refractivity contribution is 5.35. The molecular formula is C15H24FNO. The van der Waals surface area contributed by atoms with Gasteiger partial charge < -0.3 is 10.5 Å². The zero-order valence-electron chi connectivity index (χ0n) is 12.2. The summed E-state index contributed by atoms with van der Waals surface area (Å²) in [6.45, 7) is 9.90. The third kappa shape index (κ3) is 3.09. The van der Waals surface area contributed by atoms with E-state index in [2.05, 4.69) is 0 Å². The van der Waals surface area contributed by atoms with Crippen LogP contribution in [0.4, 0.5) is 4.39 Å². The summed E-state index contributed by atoms with van der Waals surface area (Å²) in [5, 5.41) is 0. The second kappa shape index (κ2) is 5.37. The van der Waals surface area contributed by atoms with Gasteiger partial charge in [0.1, 0.15) is 5.82 Å². The van der Waals surface area contributed by atoms with Crippen molar-refractivity contribution in [1.29, 1.82) is 0 Å². The van der Waals surface area contributed by atoms with E-state index < -0.39 is 6.04 Å². The molecular weight excluding hydrogens is 229 g/mol. The number of hydrogen-bond donors (Lipinski definition) is 1. The third-order valence-electron chi connectivity index (χ3n) is 3.25. The molecule has 0 spiro atoms. The van der Waals surface area contributed by atoms with Crippen LogP contribution in [0.2, 0.25) is 0 Å². The van der Waals surface area contributed by atoms with Gasteiger partial charge in [-0.05, 0) is 36.5 Å². The van der Waals surface area contributed by atoms with Crippen molar-refractivity contribution in [2.45, 2.75) is 46.8 Å². The van der Waals surface area contributed by atoms with E-state index in [0.717, 1.165) is 11.1 Å². The topological polar surface area (TPSA) is 35.2 Å². The molecule has 2 atom stereocenters. The monoisotopic (exact) mass is 253 g/mol. The maximum atomic E-state index is 14.1. The number of nitrogens with two attached hydrogens (primary N) is 1. The molecule has 0 radical (unpaired) electrons. The van der Waals surface area contributed by atoms with E-state index in [9.17, 15) is 4.39 Å². The summed E-state index contributed by atoms with van der Waals surface area (Å²) in [6, 6.07) is 3.01. The molecule has 3 heteroatoms. The Hall–Kier alpha value is -0.930. The molecule has 0 saturated carbocycles. The van der Waals surface area contributed by atoms with Gasteiger partial charge in [0.2, 0.25) is 0 Å². The van der Waals surface area contributed by atoms with Crippen LogP contribution >= 0.6 is 0 Å². The van der Waals surface area contributed by atoms with E-state index in [1.807, 2.05) is 40.7 Å². The number of methoxy groups -OCH3 is 1. The Bertz CT molecular complexity index is 400. The Morgan fingerprint density at radius 1 is 1.22 bits per heavy atom. The largest absolute Gasteiger partial charge is 0.379 e. The van der Waals surface area contributed by atoms with Gasteiger partial charge >= 0.3 is 0 Å². The standard InChI is InChI=1S/C15H24FNO/c1-9-7-10(2)12(11(16)8-9)13(17)14(18-6)15(3,4)5/h7-8,13-14H,17H2,1-6H3. The number of rotatable bonds is 3. The van der Waals surface area contributed by atoms with Crippen molar-refractivity contribution in [2.24, 2.45) is 11.1 Å². The van der Waals surface area contributed by atoms with Crippen LogP contribution in [-0.4, -0.2) is 13.2 Å². The highest BCUT2D eigenvalue weighted by atomic mass is 19.1. The molecule has 102 valence electrons. The lowest BCUT2D eigenvalue weighted by Crippen LogP contribution is -2.39. The van der Waals surface area contributed by atoms with Crippen LogP contribution in [0.3, 0.4) is 0 Å². The number of halogens is 1. The zero-order valence-corrected chi connectivity index (χ0v) is 12.2. The molecule has 0 bridgehead atoms. The Labute approximate surface area is 109 Å². The normalized spacial score (nSPS) is 15.6. The predicted octanol–water partition coefficient (Wildman–Crippen LogP) is 3.50. The first-order valence-electron chi connectivity index (χ1n) is 6.23. The van der Waals surface area contributed by atoms with Crippen LogP contribution in [0, 0.1) is 25.1 Å². The van der Waals surface area contributed by atoms with Gasteiger partial charge in [-0.1, -0.05) is 26.8 Å². The molecule has 1 rings (SSSR count). The molecule has 2 nitrogen and oxygen atoms in total. The molecule has 0 saturated heterocycles. The third-order valence-corrected chi connectivity index (χ3v) is 3.25. The second-order valence-corrected chi connectivity index (χ2v) is 6.03. The van der Waals surface area contributed by atoms with Crippen LogP contribution in [0.25, 0.3) is 0 Å². The molecule has 0 aliphatic rings. The average molecular weight is 253 g/mol. The molecule has 0 fully saturated rings. The number of hydrogen-bond acceptors (Lipinski definition) is 2. The predicted molar refractivity (Wildman–Crippen MR) is 73.1 cm³/mol. The quantitative estimate of drug-likeness (QED) is 0.894. The summed E-state index contributed by atoms with van der Waals surface area (Å²) in [6.07, 6.45) is -0.228. The Morgan fingerprint density at radius 2 is 1.78 bits per heavy atom. The van der Waals surface area contributed by atoms with Crippen molar-refractivity contribution >= 4 is 0 Å². The van der Waals surface area contributed by atoms with Gasteiger partial charge in [-0.25, -0.2) is 4.39 Å². The van der Waals surface area contributed by atoms with Crippen LogP contribution in [0.15, 0.2) is 12.1 Å². The van der Waals surface area contributed by atoms with E-state index >= 15 is 0 Å². The lowest BCUT2D eigenvalue weighted by atomic mass is 9.81. The van der Waals surface area contributed by atoms with E-state index in [1.165, 1.54) is 6.07 Å². The van der Waals surface area contributed by atoms with Crippen LogP contribution in [0.1, 0.15) is 43.5 Å². The first-order chi connectivity index (χ1) is 8.18. The Balaban J connectivity index is 3.22. The maximum Gasteiger partial charge on any atom is 0.128 e. The maximum absolute atomic E-state index is 14.1. The highest BCUT2D eigenvalue weighted by Crippen LogP contribution is 2.33. The zero-order chi connectivity index (χ0) is 14.1. The fourth-order valence-corrected chi connectivity index (χ4v) is 2.54. The number of benzene rings is 1. The molecule has 2 unspecified atom stereocenters. The summed E-state index contributed by atoms with van der Waals surface area (Å²) >= 11 is 0. The van der Waals surface area contributed by atoms with E-state index in [1.54, 1.807) is 7.11 Å². The highest BCUT2D eigenvalue weighted by Gasteiger charge is 2.33. The van der Waals surface area contributed by atoms with Gasteiger partial charge in [0.05, 0.1) is 12.1 Å². The van der Waals surface area contributed by atoms with E-state index in [-0.39, 0.29) is 17.3 Å². The molecule has 0 aromatic heterocycles. The van der Waals surface area contributed by atoms with Crippen molar-refractivity contribution in [3.63, 3.8) is 0 Å². The molecule has 0 heterocycles. The second-order valence-electron chi connectivity index (χ2n) is 6.03. The van der Waals surface area contributed by atoms with Gasteiger partial charge in [0.25, 0.3) is 0 Å². The summed E-state index contributed by atoms with van der Waals surface area (Å²) in [5.41, 5.74) is 8.43. The lowest BCUT2D eigenvalue weighted by Gasteiger charge is -2.35. The Morgan fingerprint density at radius 3 is 2.17 bits per heavy atom. The van der Waals surface area contributed by atoms with Gasteiger partial charge in [-0.15, -0.1) is 0 Å². The summed E-state index contributed by atoms with van der Waals surface area (Å²) in [5.74, 6) is -0.244. The summed E-state index contributed by atoms with van der Waals surface area (Å²) in [7, 11) is 1.62. The number of ether oxygens (including phenoxy) is 1. The van der Waals surface area contributed by atoms with Crippen LogP contribution < -0.4 is 5.73 Å². The molecule has 1 aromatic carbocycles. The van der Waals surface area contributed by atoms with Crippen molar-refractivity contribution in [3.8, 4) is 0 Å². The fraction of sp³-hybridized carbons (Fsp3) is 0.600. The number of aryl methyl sites for hydroxylation is 2. The SMILES string of the molecule is COC(C(N)c1c(C)cc(C)cc1F)C(C)(C)C. The van der Waals surface area contributed by atoms with Crippen LogP contribution in [0.5, 0.6) is 0 Å². The molecule has 0 amide bonds. The molecule has 2 N–H and O–H groups in total. The minimum absolute atomic E-state index is 0.141. The van der Waals surface area contributed by atoms with E-state index in [4.69, 9.17) is 10.5 Å². The molecule has 1 aromatic rings. The molecule has 0 aliphatic carbocycles. The van der Waals surface area contributed by atoms with Gasteiger partial charge in [-0.2, -0.15) is 0 Å². The average Bonchev–Trinajstić information content (AvgIpc) is 2.13. The van der Waals surface area contributed by atoms with Crippen LogP contribution in [-0.2, 0) is 4.74 Å². The minimum Gasteiger partial charge on any atom is -0.379 e. The van der Waals surface area contributed by atoms with Gasteiger partial charge in [0.15, 0.2) is 0 Å². The van der Waals surface area contributed by atoms with Crippen molar-refractivity contribution in [2.75, 3.05) is 7.11 Å². The van der Waals surface area contributed by atoms with E-state index in [0.29, 0.717) is 5.56 Å². The first-order valence-corrected chi connectivity index (χ1v) is 6.23. The molecule has 18 heavy (non-hydrogen) atoms. The van der Waals surface area contributed by atoms with Crippen molar-refractivity contribution < 1.29 is 9.13 Å².